The Morgan fingerprint density at radius 1 is 1.24 bits per heavy atom. The largest absolute Gasteiger partial charge is 0.507 e. The molecule has 2 saturated heterocycles. The van der Waals surface area contributed by atoms with Gasteiger partial charge in [-0.3, -0.25) is 9.59 Å². The minimum Gasteiger partial charge on any atom is -0.507 e. The van der Waals surface area contributed by atoms with Gasteiger partial charge in [0, 0.05) is 34.0 Å². The van der Waals surface area contributed by atoms with Gasteiger partial charge in [0.15, 0.2) is 0 Å². The molecule has 2 aliphatic rings. The molecule has 3 heterocycles. The maximum atomic E-state index is 13.2. The molecule has 174 valence electrons. The molecule has 9 heteroatoms. The number of Topliss-reactive ketones (excluding diaryl/α,β-unsaturated/α-hetero) is 1. The van der Waals surface area contributed by atoms with E-state index in [2.05, 4.69) is 15.9 Å². The van der Waals surface area contributed by atoms with Crippen molar-refractivity contribution in [3.05, 3.63) is 61.8 Å². The molecule has 2 aromatic rings. The first kappa shape index (κ1) is 23.5. The average Bonchev–Trinajstić information content (AvgIpc) is 3.42. The summed E-state index contributed by atoms with van der Waals surface area (Å²) in [5, 5.41) is 13.1. The number of hydrogen-bond donors (Lipinski definition) is 1. The van der Waals surface area contributed by atoms with E-state index in [4.69, 9.17) is 4.74 Å². The predicted molar refractivity (Wildman–Crippen MR) is 129 cm³/mol. The monoisotopic (exact) mass is 532 g/mol. The van der Waals surface area contributed by atoms with Crippen LogP contribution in [0.2, 0.25) is 0 Å². The molecule has 0 saturated carbocycles. The predicted octanol–water partition coefficient (Wildman–Crippen LogP) is 4.86. The summed E-state index contributed by atoms with van der Waals surface area (Å²) in [7, 11) is 0. The number of benzene rings is 1. The number of halogens is 1. The van der Waals surface area contributed by atoms with Crippen LogP contribution in [-0.2, 0) is 14.3 Å². The summed E-state index contributed by atoms with van der Waals surface area (Å²) in [6.45, 7) is 4.85. The lowest BCUT2D eigenvalue weighted by Crippen LogP contribution is -2.48. The lowest BCUT2D eigenvalue weighted by molar-refractivity contribution is -0.142. The maximum Gasteiger partial charge on any atom is 0.409 e. The second-order valence-corrected chi connectivity index (χ2v) is 9.94. The molecule has 1 atom stereocenters. The van der Waals surface area contributed by atoms with E-state index in [1.807, 2.05) is 30.5 Å². The highest BCUT2D eigenvalue weighted by Crippen LogP contribution is 2.43. The molecule has 0 spiro atoms. The van der Waals surface area contributed by atoms with E-state index in [-0.39, 0.29) is 23.5 Å². The van der Waals surface area contributed by atoms with Crippen LogP contribution in [0, 0.1) is 6.92 Å². The molecule has 7 nitrogen and oxygen atoms in total. The fourth-order valence-corrected chi connectivity index (χ4v) is 5.52. The molecule has 4 rings (SSSR count). The van der Waals surface area contributed by atoms with Crippen LogP contribution in [0.15, 0.2) is 45.8 Å². The molecule has 0 aliphatic carbocycles. The number of ketones is 1. The first-order valence-corrected chi connectivity index (χ1v) is 12.5. The quantitative estimate of drug-likeness (QED) is 0.345. The minimum absolute atomic E-state index is 0.108. The van der Waals surface area contributed by atoms with Crippen LogP contribution in [0.3, 0.4) is 0 Å². The Balaban J connectivity index is 1.70. The zero-order chi connectivity index (χ0) is 23.7. The van der Waals surface area contributed by atoms with Crippen LogP contribution >= 0.6 is 27.3 Å². The van der Waals surface area contributed by atoms with E-state index in [0.717, 1.165) is 14.9 Å². The molecular weight excluding hydrogens is 508 g/mol. The smallest absolute Gasteiger partial charge is 0.409 e. The molecule has 1 N–H and O–H groups in total. The van der Waals surface area contributed by atoms with Crippen molar-refractivity contribution in [2.75, 3.05) is 19.7 Å². The third-order valence-electron chi connectivity index (χ3n) is 6.11. The number of piperidine rings is 1. The first-order chi connectivity index (χ1) is 15.8. The summed E-state index contributed by atoms with van der Waals surface area (Å²) in [6.07, 6.45) is 0.703. The SMILES string of the molecule is CCOC(=O)N1CCC(N2C(=O)C(=O)/C(=C(\O)c3ccc(Br)c(C)c3)C2c2cccs2)CC1. The van der Waals surface area contributed by atoms with Gasteiger partial charge in [-0.25, -0.2) is 4.79 Å². The number of aliphatic hydroxyl groups excluding tert-OH is 1. The van der Waals surface area contributed by atoms with Gasteiger partial charge in [-0.05, 0) is 55.8 Å². The molecule has 0 bridgehead atoms. The molecule has 33 heavy (non-hydrogen) atoms. The van der Waals surface area contributed by atoms with Gasteiger partial charge in [0.1, 0.15) is 5.76 Å². The number of nitrogens with zero attached hydrogens (tertiary/aromatic N) is 2. The van der Waals surface area contributed by atoms with E-state index >= 15 is 0 Å². The van der Waals surface area contributed by atoms with Crippen LogP contribution in [0.4, 0.5) is 4.79 Å². The Kier molecular flexibility index (Phi) is 6.90. The first-order valence-electron chi connectivity index (χ1n) is 10.8. The van der Waals surface area contributed by atoms with Crippen molar-refractivity contribution in [1.82, 2.24) is 9.80 Å². The van der Waals surface area contributed by atoms with Gasteiger partial charge in [-0.1, -0.05) is 28.1 Å². The van der Waals surface area contributed by atoms with E-state index < -0.39 is 17.7 Å². The number of ether oxygens (including phenoxy) is 1. The number of aliphatic hydroxyl groups is 1. The highest BCUT2D eigenvalue weighted by Gasteiger charge is 2.49. The zero-order valence-corrected chi connectivity index (χ0v) is 20.8. The van der Waals surface area contributed by atoms with E-state index in [1.165, 1.54) is 11.3 Å². The molecule has 2 amide bonds. The van der Waals surface area contributed by atoms with Crippen molar-refractivity contribution in [3.8, 4) is 0 Å². The topological polar surface area (TPSA) is 87.2 Å². The summed E-state index contributed by atoms with van der Waals surface area (Å²) in [6, 6.07) is 8.18. The van der Waals surface area contributed by atoms with Crippen LogP contribution in [0.25, 0.3) is 5.76 Å². The van der Waals surface area contributed by atoms with Crippen molar-refractivity contribution in [3.63, 3.8) is 0 Å². The number of thiophene rings is 1. The molecular formula is C24H25BrN2O5S. The highest BCUT2D eigenvalue weighted by molar-refractivity contribution is 9.10. The van der Waals surface area contributed by atoms with Crippen molar-refractivity contribution < 1.29 is 24.2 Å². The second kappa shape index (κ2) is 9.69. The normalized spacial score (nSPS) is 21.0. The van der Waals surface area contributed by atoms with Gasteiger partial charge in [-0.15, -0.1) is 11.3 Å². The summed E-state index contributed by atoms with van der Waals surface area (Å²) >= 11 is 4.89. The lowest BCUT2D eigenvalue weighted by atomic mass is 9.97. The summed E-state index contributed by atoms with van der Waals surface area (Å²) in [5.74, 6) is -1.47. The Bertz CT molecular complexity index is 1110. The highest BCUT2D eigenvalue weighted by atomic mass is 79.9. The van der Waals surface area contributed by atoms with Gasteiger partial charge in [0.25, 0.3) is 11.7 Å². The number of rotatable bonds is 4. The number of amides is 2. The maximum absolute atomic E-state index is 13.2. The summed E-state index contributed by atoms with van der Waals surface area (Å²) in [5.41, 5.74) is 1.51. The standard InChI is InChI=1S/C24H25BrN2O5S/c1-3-32-24(31)26-10-8-16(9-11-26)27-20(18-5-4-12-33-18)19(22(29)23(27)30)21(28)15-6-7-17(25)14(2)13-15/h4-7,12-13,16,20,28H,3,8-11H2,1-2H3/b21-19-. The van der Waals surface area contributed by atoms with Gasteiger partial charge < -0.3 is 19.6 Å². The molecule has 2 aliphatic heterocycles. The molecule has 1 aromatic heterocycles. The van der Waals surface area contributed by atoms with E-state index in [0.29, 0.717) is 38.1 Å². The van der Waals surface area contributed by atoms with Crippen LogP contribution in [-0.4, -0.2) is 58.4 Å². The minimum atomic E-state index is -0.681. The van der Waals surface area contributed by atoms with Gasteiger partial charge in [-0.2, -0.15) is 0 Å². The Morgan fingerprint density at radius 2 is 1.97 bits per heavy atom. The van der Waals surface area contributed by atoms with Crippen molar-refractivity contribution in [2.24, 2.45) is 0 Å². The Labute approximate surface area is 204 Å². The third-order valence-corrected chi connectivity index (χ3v) is 7.92. The van der Waals surface area contributed by atoms with Crippen molar-refractivity contribution in [2.45, 2.75) is 38.8 Å². The van der Waals surface area contributed by atoms with Crippen LogP contribution in [0.1, 0.15) is 41.8 Å². The van der Waals surface area contributed by atoms with Gasteiger partial charge >= 0.3 is 6.09 Å². The number of hydrogen-bond acceptors (Lipinski definition) is 6. The molecule has 2 fully saturated rings. The average molecular weight is 533 g/mol. The molecule has 1 unspecified atom stereocenters. The zero-order valence-electron chi connectivity index (χ0n) is 18.4. The number of carbonyl (C=O) groups is 3. The van der Waals surface area contributed by atoms with Crippen LogP contribution in [0.5, 0.6) is 0 Å². The third kappa shape index (κ3) is 4.44. The fraction of sp³-hybridized carbons (Fsp3) is 0.375. The molecule has 1 aromatic carbocycles. The number of likely N-dealkylation sites (tertiary alicyclic amines) is 2. The summed E-state index contributed by atoms with van der Waals surface area (Å²) < 4.78 is 5.98. The Morgan fingerprint density at radius 3 is 2.58 bits per heavy atom. The molecule has 0 radical (unpaired) electrons. The lowest BCUT2D eigenvalue weighted by Gasteiger charge is -2.38. The Hall–Kier alpha value is -2.65. The number of carbonyl (C=O) groups excluding carboxylic acids is 3. The fourth-order valence-electron chi connectivity index (χ4n) is 4.44. The van der Waals surface area contributed by atoms with Crippen molar-refractivity contribution in [1.29, 1.82) is 0 Å². The van der Waals surface area contributed by atoms with E-state index in [1.54, 1.807) is 28.9 Å². The van der Waals surface area contributed by atoms with E-state index in [9.17, 15) is 19.5 Å². The summed E-state index contributed by atoms with van der Waals surface area (Å²) in [4.78, 5) is 42.5. The van der Waals surface area contributed by atoms with Gasteiger partial charge in [0.05, 0.1) is 18.2 Å². The number of aryl methyl sites for hydroxylation is 1. The second-order valence-electron chi connectivity index (χ2n) is 8.10. The van der Waals surface area contributed by atoms with Crippen LogP contribution < -0.4 is 0 Å². The van der Waals surface area contributed by atoms with Crippen molar-refractivity contribution >= 4 is 50.8 Å². The van der Waals surface area contributed by atoms with Gasteiger partial charge in [0.2, 0.25) is 0 Å².